The number of β-amino-alcohol motifs (C(OH)–C–C–N with tert-alkyl or cyclic N) is 1. The van der Waals surface area contributed by atoms with E-state index in [1.54, 1.807) is 6.20 Å². The molecule has 0 aliphatic carbocycles. The van der Waals surface area contributed by atoms with Crippen LogP contribution >= 0.6 is 0 Å². The van der Waals surface area contributed by atoms with E-state index in [0.29, 0.717) is 11.3 Å². The van der Waals surface area contributed by atoms with Gasteiger partial charge in [0.15, 0.2) is 0 Å². The highest BCUT2D eigenvalue weighted by Gasteiger charge is 2.45. The highest BCUT2D eigenvalue weighted by Crippen LogP contribution is 2.35. The minimum atomic E-state index is -1.11. The number of hydrogen-bond acceptors (Lipinski definition) is 7. The Balaban J connectivity index is 1.96. The number of aromatic carboxylic acids is 1. The third-order valence-corrected chi connectivity index (χ3v) is 5.22. The largest absolute Gasteiger partial charge is 0.478 e. The molecule has 3 atom stereocenters. The van der Waals surface area contributed by atoms with Gasteiger partial charge in [0.1, 0.15) is 17.8 Å². The van der Waals surface area contributed by atoms with Gasteiger partial charge >= 0.3 is 5.97 Å². The van der Waals surface area contributed by atoms with Crippen LogP contribution in [0.4, 0.5) is 0 Å². The van der Waals surface area contributed by atoms with Crippen molar-refractivity contribution < 1.29 is 24.6 Å². The fourth-order valence-corrected chi connectivity index (χ4v) is 3.74. The van der Waals surface area contributed by atoms with Crippen molar-refractivity contribution in [3.8, 4) is 11.3 Å². The molecule has 31 heavy (non-hydrogen) atoms. The van der Waals surface area contributed by atoms with E-state index >= 15 is 0 Å². The highest BCUT2D eigenvalue weighted by atomic mass is 16.4. The van der Waals surface area contributed by atoms with Crippen molar-refractivity contribution in [2.45, 2.75) is 45.4 Å². The summed E-state index contributed by atoms with van der Waals surface area (Å²) in [6, 6.07) is -0.144. The fourth-order valence-electron chi connectivity index (χ4n) is 3.74. The van der Waals surface area contributed by atoms with Gasteiger partial charge in [-0.15, -0.1) is 5.10 Å². The summed E-state index contributed by atoms with van der Waals surface area (Å²) in [5.74, 6) is -1.81. The Morgan fingerprint density at radius 3 is 2.58 bits per heavy atom. The van der Waals surface area contributed by atoms with Crippen LogP contribution in [0.25, 0.3) is 11.3 Å². The summed E-state index contributed by atoms with van der Waals surface area (Å²) in [6.45, 7) is 5.65. The molecule has 3 N–H and O–H groups in total. The van der Waals surface area contributed by atoms with Crippen molar-refractivity contribution in [2.75, 3.05) is 13.6 Å². The van der Waals surface area contributed by atoms with Gasteiger partial charge in [0.2, 0.25) is 11.8 Å². The predicted molar refractivity (Wildman–Crippen MR) is 109 cm³/mol. The van der Waals surface area contributed by atoms with Crippen molar-refractivity contribution in [1.82, 2.24) is 30.2 Å². The Bertz CT molecular complexity index is 998. The van der Waals surface area contributed by atoms with Crippen LogP contribution < -0.4 is 5.32 Å². The summed E-state index contributed by atoms with van der Waals surface area (Å²) in [5.41, 5.74) is 0.229. The Morgan fingerprint density at radius 1 is 1.26 bits per heavy atom. The number of aliphatic hydroxyl groups excluding tert-OH is 1. The van der Waals surface area contributed by atoms with Gasteiger partial charge in [-0.2, -0.15) is 0 Å². The van der Waals surface area contributed by atoms with Crippen molar-refractivity contribution in [2.24, 2.45) is 5.41 Å². The molecule has 0 spiro atoms. The zero-order chi connectivity index (χ0) is 22.9. The monoisotopic (exact) mass is 430 g/mol. The molecular weight excluding hydrogens is 404 g/mol. The normalized spacial score (nSPS) is 19.8. The molecule has 3 heterocycles. The van der Waals surface area contributed by atoms with Crippen LogP contribution in [0.3, 0.4) is 0 Å². The van der Waals surface area contributed by atoms with Gasteiger partial charge in [0.25, 0.3) is 0 Å². The third-order valence-electron chi connectivity index (χ3n) is 5.22. The lowest BCUT2D eigenvalue weighted by Gasteiger charge is -2.34. The van der Waals surface area contributed by atoms with E-state index in [9.17, 15) is 24.6 Å². The Morgan fingerprint density at radius 2 is 1.97 bits per heavy atom. The van der Waals surface area contributed by atoms with E-state index in [1.807, 2.05) is 20.8 Å². The molecule has 0 saturated carbocycles. The maximum atomic E-state index is 13.5. The quantitative estimate of drug-likeness (QED) is 0.614. The molecule has 1 aliphatic rings. The number of nitrogens with one attached hydrogen (secondary N) is 1. The van der Waals surface area contributed by atoms with Crippen LogP contribution in [0, 0.1) is 5.41 Å². The molecule has 0 unspecified atom stereocenters. The van der Waals surface area contributed by atoms with Crippen LogP contribution in [-0.2, 0) is 9.59 Å². The lowest BCUT2D eigenvalue weighted by atomic mass is 9.85. The second-order valence-electron chi connectivity index (χ2n) is 8.63. The van der Waals surface area contributed by atoms with Gasteiger partial charge in [-0.1, -0.05) is 26.0 Å². The number of rotatable bonds is 5. The second-order valence-corrected chi connectivity index (χ2v) is 8.63. The Hall–Kier alpha value is -3.34. The molecule has 1 saturated heterocycles. The van der Waals surface area contributed by atoms with Gasteiger partial charge in [-0.3, -0.25) is 14.6 Å². The first-order valence-corrected chi connectivity index (χ1v) is 9.83. The molecule has 0 bridgehead atoms. The number of carboxylic acids is 1. The molecule has 2 amide bonds. The van der Waals surface area contributed by atoms with E-state index in [0.717, 1.165) is 0 Å². The number of carboxylic acid groups (broad SMARTS) is 1. The van der Waals surface area contributed by atoms with Gasteiger partial charge in [-0.25, -0.2) is 9.48 Å². The first-order valence-electron chi connectivity index (χ1n) is 9.83. The van der Waals surface area contributed by atoms with Gasteiger partial charge in [-0.05, 0) is 11.5 Å². The fraction of sp³-hybridized carbons (Fsp3) is 0.500. The first kappa shape index (κ1) is 22.3. The van der Waals surface area contributed by atoms with Crippen LogP contribution in [0.2, 0.25) is 0 Å². The number of pyridine rings is 1. The maximum Gasteiger partial charge on any atom is 0.337 e. The van der Waals surface area contributed by atoms with E-state index < -0.39 is 29.6 Å². The standard InChI is InChI=1S/C20H26N6O5/c1-20(2,3)16(18(29)25-9-13(27)6-15(25)17(28)21-4)26-10-14(23-24-26)11-5-12(19(30)31)8-22-7-11/h5,7-8,10,13,15-16,27H,6,9H2,1-4H3,(H,21,28)(H,30,31)/t13-,15+,16-/m1/s1. The summed E-state index contributed by atoms with van der Waals surface area (Å²) in [6.07, 6.45) is 3.63. The van der Waals surface area contributed by atoms with Gasteiger partial charge in [0, 0.05) is 38.0 Å². The molecule has 2 aromatic heterocycles. The number of aromatic nitrogens is 4. The second kappa shape index (κ2) is 8.42. The minimum Gasteiger partial charge on any atom is -0.478 e. The maximum absolute atomic E-state index is 13.5. The molecule has 2 aromatic rings. The summed E-state index contributed by atoms with van der Waals surface area (Å²) < 4.78 is 1.41. The SMILES string of the molecule is CNC(=O)[C@@H]1C[C@@H](O)CN1C(=O)[C@@H](n1cc(-c2cncc(C(=O)O)c2)nn1)C(C)(C)C. The lowest BCUT2D eigenvalue weighted by Crippen LogP contribution is -2.49. The lowest BCUT2D eigenvalue weighted by molar-refractivity contribution is -0.144. The summed E-state index contributed by atoms with van der Waals surface area (Å²) in [7, 11) is 1.49. The van der Waals surface area contributed by atoms with E-state index in [2.05, 4.69) is 20.6 Å². The first-order chi connectivity index (χ1) is 14.5. The topological polar surface area (TPSA) is 151 Å². The van der Waals surface area contributed by atoms with Crippen molar-refractivity contribution in [3.63, 3.8) is 0 Å². The summed E-state index contributed by atoms with van der Waals surface area (Å²) in [5, 5.41) is 30.0. The number of likely N-dealkylation sites (N-methyl/N-ethyl adjacent to an activating group) is 1. The number of nitrogens with zero attached hydrogens (tertiary/aromatic N) is 5. The number of amides is 2. The predicted octanol–water partition coefficient (Wildman–Crippen LogP) is 0.333. The van der Waals surface area contributed by atoms with Crippen LogP contribution in [0.5, 0.6) is 0 Å². The van der Waals surface area contributed by atoms with Crippen molar-refractivity contribution >= 4 is 17.8 Å². The number of carbonyl (C=O) groups excluding carboxylic acids is 2. The molecule has 1 aliphatic heterocycles. The molecule has 1 fully saturated rings. The number of aliphatic hydroxyl groups is 1. The van der Waals surface area contributed by atoms with E-state index in [-0.39, 0.29) is 30.3 Å². The molecular formula is C20H26N6O5. The number of likely N-dealkylation sites (tertiary alicyclic amines) is 1. The Kier molecular flexibility index (Phi) is 6.07. The van der Waals surface area contributed by atoms with Crippen LogP contribution in [-0.4, -0.2) is 78.6 Å². The molecule has 166 valence electrons. The zero-order valence-electron chi connectivity index (χ0n) is 17.8. The Labute approximate surface area is 179 Å². The van der Waals surface area contributed by atoms with Gasteiger partial charge < -0.3 is 20.4 Å². The summed E-state index contributed by atoms with van der Waals surface area (Å²) >= 11 is 0. The molecule has 0 radical (unpaired) electrons. The van der Waals surface area contributed by atoms with Gasteiger partial charge in [0.05, 0.1) is 17.9 Å². The summed E-state index contributed by atoms with van der Waals surface area (Å²) in [4.78, 5) is 42.3. The molecule has 11 nitrogen and oxygen atoms in total. The average Bonchev–Trinajstić information content (AvgIpc) is 3.33. The zero-order valence-corrected chi connectivity index (χ0v) is 17.8. The number of carbonyl (C=O) groups is 3. The molecule has 11 heteroatoms. The van der Waals surface area contributed by atoms with E-state index in [4.69, 9.17) is 0 Å². The number of hydrogen-bond donors (Lipinski definition) is 3. The van der Waals surface area contributed by atoms with E-state index in [1.165, 1.54) is 35.1 Å². The third kappa shape index (κ3) is 4.55. The minimum absolute atomic E-state index is 0.00923. The average molecular weight is 430 g/mol. The van der Waals surface area contributed by atoms with Crippen molar-refractivity contribution in [3.05, 3.63) is 30.2 Å². The van der Waals surface area contributed by atoms with Crippen LogP contribution in [0.1, 0.15) is 43.6 Å². The van der Waals surface area contributed by atoms with Crippen LogP contribution in [0.15, 0.2) is 24.7 Å². The van der Waals surface area contributed by atoms with Crippen molar-refractivity contribution in [1.29, 1.82) is 0 Å². The molecule has 0 aromatic carbocycles. The molecule has 3 rings (SSSR count). The highest BCUT2D eigenvalue weighted by molar-refractivity contribution is 5.90. The smallest absolute Gasteiger partial charge is 0.337 e.